The number of aromatic nitrogens is 1. The Balaban J connectivity index is 1.47. The molecule has 0 bridgehead atoms. The summed E-state index contributed by atoms with van der Waals surface area (Å²) in [6.07, 6.45) is 6.85. The molecule has 0 radical (unpaired) electrons. The highest BCUT2D eigenvalue weighted by Gasteiger charge is 2.37. The van der Waals surface area contributed by atoms with Gasteiger partial charge in [0.25, 0.3) is 0 Å². The molecule has 1 saturated carbocycles. The van der Waals surface area contributed by atoms with Crippen LogP contribution in [0.3, 0.4) is 0 Å². The number of carbonyl (C=O) groups excluding carboxylic acids is 3. The lowest BCUT2D eigenvalue weighted by Crippen LogP contribution is -2.43. The monoisotopic (exact) mass is 627 g/mol. The van der Waals surface area contributed by atoms with Crippen LogP contribution in [0, 0.1) is 17.8 Å². The summed E-state index contributed by atoms with van der Waals surface area (Å²) in [7, 11) is 1.42. The molecule has 1 aromatic carbocycles. The molecule has 1 aliphatic heterocycles. The molecule has 0 unspecified atom stereocenters. The third-order valence-electron chi connectivity index (χ3n) is 8.27. The van der Waals surface area contributed by atoms with Gasteiger partial charge in [-0.1, -0.05) is 43.9 Å². The van der Waals surface area contributed by atoms with Gasteiger partial charge < -0.3 is 33.2 Å². The number of methoxy groups -OCH3 is 1. The van der Waals surface area contributed by atoms with Gasteiger partial charge in [0, 0.05) is 37.8 Å². The van der Waals surface area contributed by atoms with E-state index in [1.807, 2.05) is 37.3 Å². The number of rotatable bonds is 14. The van der Waals surface area contributed by atoms with Crippen molar-refractivity contribution < 1.29 is 47.5 Å². The summed E-state index contributed by atoms with van der Waals surface area (Å²) < 4.78 is 39.5. The predicted molar refractivity (Wildman–Crippen MR) is 163 cm³/mol. The molecule has 4 rings (SSSR count). The first-order valence-electron chi connectivity index (χ1n) is 15.8. The minimum atomic E-state index is -0.881. The summed E-state index contributed by atoms with van der Waals surface area (Å²) in [6, 6.07) is 11.1. The molecule has 0 spiro atoms. The molecule has 2 aromatic rings. The number of hydrogen-bond acceptors (Lipinski definition) is 11. The second-order valence-electron chi connectivity index (χ2n) is 11.5. The van der Waals surface area contributed by atoms with Crippen molar-refractivity contribution in [2.75, 3.05) is 40.3 Å². The van der Waals surface area contributed by atoms with Crippen LogP contribution in [0.5, 0.6) is 17.2 Å². The number of ketones is 1. The second kappa shape index (κ2) is 17.7. The van der Waals surface area contributed by atoms with Crippen molar-refractivity contribution in [2.24, 2.45) is 17.8 Å². The molecule has 0 amide bonds. The van der Waals surface area contributed by atoms with Crippen LogP contribution in [0.15, 0.2) is 42.6 Å². The number of nitrogens with zero attached hydrogens (tertiary/aromatic N) is 1. The smallest absolute Gasteiger partial charge is 0.334 e. The van der Waals surface area contributed by atoms with E-state index in [9.17, 15) is 14.4 Å². The van der Waals surface area contributed by atoms with Crippen molar-refractivity contribution in [3.05, 3.63) is 48.3 Å². The number of hydrogen-bond donors (Lipinski definition) is 0. The second-order valence-corrected chi connectivity index (χ2v) is 11.5. The molecule has 1 aliphatic carbocycles. The number of para-hydroxylation sites is 1. The minimum absolute atomic E-state index is 0.00260. The maximum absolute atomic E-state index is 13.6. The van der Waals surface area contributed by atoms with Crippen LogP contribution in [0.1, 0.15) is 69.3 Å². The van der Waals surface area contributed by atoms with Crippen molar-refractivity contribution in [1.82, 2.24) is 4.98 Å². The molecule has 246 valence electrons. The van der Waals surface area contributed by atoms with Gasteiger partial charge in [0.2, 0.25) is 6.79 Å². The average Bonchev–Trinajstić information content (AvgIpc) is 3.56. The zero-order valence-corrected chi connectivity index (χ0v) is 26.4. The van der Waals surface area contributed by atoms with E-state index in [1.54, 1.807) is 6.92 Å². The van der Waals surface area contributed by atoms with Crippen LogP contribution in [-0.2, 0) is 28.5 Å². The number of carbonyl (C=O) groups is 3. The lowest BCUT2D eigenvalue weighted by molar-refractivity contribution is -0.164. The fraction of sp³-hybridized carbons (Fsp3) is 0.588. The number of Topliss-reactive ketones (excluding diaryl/α,β-unsaturated/α-hetero) is 1. The summed E-state index contributed by atoms with van der Waals surface area (Å²) in [5, 5.41) is 0. The molecule has 11 heteroatoms. The van der Waals surface area contributed by atoms with Crippen LogP contribution < -0.4 is 14.2 Å². The number of esters is 2. The largest absolute Gasteiger partial charge is 0.493 e. The van der Waals surface area contributed by atoms with E-state index >= 15 is 0 Å². The quantitative estimate of drug-likeness (QED) is 0.156. The van der Waals surface area contributed by atoms with Crippen molar-refractivity contribution in [2.45, 2.75) is 71.0 Å². The molecule has 0 N–H and O–H groups in total. The van der Waals surface area contributed by atoms with E-state index in [0.717, 1.165) is 12.8 Å². The zero-order chi connectivity index (χ0) is 32.0. The van der Waals surface area contributed by atoms with Gasteiger partial charge in [-0.05, 0) is 44.7 Å². The first-order valence-corrected chi connectivity index (χ1v) is 15.8. The van der Waals surface area contributed by atoms with Crippen LogP contribution in [0.25, 0.3) is 0 Å². The Hall–Kier alpha value is -3.70. The molecule has 2 heterocycles. The number of benzene rings is 1. The maximum Gasteiger partial charge on any atom is 0.334 e. The molecule has 2 fully saturated rings. The standard InChI is InChI=1S/C34H45NO10/c1-4-40-21-30(37)42-22-43-33-29(39-3)14-16-35-31(33)28(36)19-26-20-41-17-15-25(18-24-10-8-9-11-24)32(23(2)44-34(26)38)45-27-12-6-5-7-13-27/h5-7,12-14,16,23-26,32H,4,8-11,15,17-22H2,1-3H3/t23-,25+,26-,32-/m0/s1. The van der Waals surface area contributed by atoms with Gasteiger partial charge in [0.15, 0.2) is 23.0 Å². The number of cyclic esters (lactones) is 1. The van der Waals surface area contributed by atoms with E-state index in [1.165, 1.54) is 45.1 Å². The topological polar surface area (TPSA) is 129 Å². The predicted octanol–water partition coefficient (Wildman–Crippen LogP) is 5.19. The summed E-state index contributed by atoms with van der Waals surface area (Å²) >= 11 is 0. The van der Waals surface area contributed by atoms with Crippen LogP contribution in [0.4, 0.5) is 0 Å². The fourth-order valence-electron chi connectivity index (χ4n) is 5.97. The summed E-state index contributed by atoms with van der Waals surface area (Å²) in [5.41, 5.74) is -0.0601. The summed E-state index contributed by atoms with van der Waals surface area (Å²) in [4.78, 5) is 43.1. The Morgan fingerprint density at radius 3 is 2.58 bits per heavy atom. The molecular formula is C34H45NO10. The zero-order valence-electron chi connectivity index (χ0n) is 26.4. The van der Waals surface area contributed by atoms with Gasteiger partial charge in [-0.3, -0.25) is 9.59 Å². The van der Waals surface area contributed by atoms with E-state index < -0.39 is 36.5 Å². The van der Waals surface area contributed by atoms with Crippen LogP contribution in [-0.4, -0.2) is 75.2 Å². The van der Waals surface area contributed by atoms with Gasteiger partial charge >= 0.3 is 11.9 Å². The Kier molecular flexibility index (Phi) is 13.4. The highest BCUT2D eigenvalue weighted by atomic mass is 16.7. The Labute approximate surface area is 264 Å². The third-order valence-corrected chi connectivity index (χ3v) is 8.27. The van der Waals surface area contributed by atoms with Gasteiger partial charge in [-0.2, -0.15) is 0 Å². The van der Waals surface area contributed by atoms with Gasteiger partial charge in [0.05, 0.1) is 19.6 Å². The third kappa shape index (κ3) is 10.2. The molecule has 1 aromatic heterocycles. The fourth-order valence-corrected chi connectivity index (χ4v) is 5.97. The van der Waals surface area contributed by atoms with E-state index in [0.29, 0.717) is 24.9 Å². The van der Waals surface area contributed by atoms with E-state index in [2.05, 4.69) is 4.98 Å². The maximum atomic E-state index is 13.6. The first-order chi connectivity index (χ1) is 21.9. The molecule has 2 aliphatic rings. The van der Waals surface area contributed by atoms with Crippen molar-refractivity contribution in [3.63, 3.8) is 0 Å². The average molecular weight is 628 g/mol. The van der Waals surface area contributed by atoms with Crippen LogP contribution >= 0.6 is 0 Å². The van der Waals surface area contributed by atoms with Crippen LogP contribution in [0.2, 0.25) is 0 Å². The molecule has 4 atom stereocenters. The normalized spacial score (nSPS) is 22.7. The van der Waals surface area contributed by atoms with Gasteiger partial charge in [-0.15, -0.1) is 0 Å². The van der Waals surface area contributed by atoms with Gasteiger partial charge in [0.1, 0.15) is 24.6 Å². The number of pyridine rings is 1. The van der Waals surface area contributed by atoms with Gasteiger partial charge in [-0.25, -0.2) is 9.78 Å². The SMILES string of the molecule is CCOCC(=O)OCOc1c(OC)ccnc1C(=O)C[C@H]1COCC[C@H](CC2CCCC2)[C@@H](Oc2ccccc2)[C@H](C)OC1=O. The Morgan fingerprint density at radius 2 is 1.84 bits per heavy atom. The Bertz CT molecular complexity index is 1230. The minimum Gasteiger partial charge on any atom is -0.493 e. The molecular weight excluding hydrogens is 582 g/mol. The van der Waals surface area contributed by atoms with Crippen molar-refractivity contribution in [3.8, 4) is 17.2 Å². The van der Waals surface area contributed by atoms with Crippen molar-refractivity contribution in [1.29, 1.82) is 0 Å². The lowest BCUT2D eigenvalue weighted by Gasteiger charge is -2.35. The Morgan fingerprint density at radius 1 is 1.07 bits per heavy atom. The highest BCUT2D eigenvalue weighted by Crippen LogP contribution is 2.36. The lowest BCUT2D eigenvalue weighted by atomic mass is 9.85. The van der Waals surface area contributed by atoms with Crippen molar-refractivity contribution >= 4 is 17.7 Å². The first kappa shape index (κ1) is 34.2. The highest BCUT2D eigenvalue weighted by molar-refractivity contribution is 5.99. The molecule has 1 saturated heterocycles. The van der Waals surface area contributed by atoms with E-state index in [4.69, 9.17) is 33.2 Å². The number of ether oxygens (including phenoxy) is 7. The summed E-state index contributed by atoms with van der Waals surface area (Å²) in [6.45, 7) is 3.72. The van der Waals surface area contributed by atoms with E-state index in [-0.39, 0.29) is 48.8 Å². The summed E-state index contributed by atoms with van der Waals surface area (Å²) in [5.74, 6) is -0.830. The molecule has 45 heavy (non-hydrogen) atoms. The molecule has 11 nitrogen and oxygen atoms in total.